The van der Waals surface area contributed by atoms with Crippen molar-refractivity contribution < 1.29 is 9.47 Å². The molecule has 1 aromatic carbocycles. The van der Waals surface area contributed by atoms with Crippen LogP contribution in [0.5, 0.6) is 11.5 Å². The molecular weight excluding hydrogens is 302 g/mol. The molecular formula is C19H25N3O2. The Labute approximate surface area is 143 Å². The van der Waals surface area contributed by atoms with Crippen LogP contribution in [0.2, 0.25) is 0 Å². The summed E-state index contributed by atoms with van der Waals surface area (Å²) in [6.45, 7) is 6.23. The van der Waals surface area contributed by atoms with Crippen LogP contribution in [0.25, 0.3) is 0 Å². The van der Waals surface area contributed by atoms with Gasteiger partial charge in [0.25, 0.3) is 0 Å². The van der Waals surface area contributed by atoms with E-state index in [0.29, 0.717) is 6.79 Å². The van der Waals surface area contributed by atoms with Gasteiger partial charge in [0.1, 0.15) is 0 Å². The zero-order valence-corrected chi connectivity index (χ0v) is 14.7. The van der Waals surface area contributed by atoms with Gasteiger partial charge in [-0.25, -0.2) is 0 Å². The van der Waals surface area contributed by atoms with E-state index in [4.69, 9.17) is 9.47 Å². The second-order valence-corrected chi connectivity index (χ2v) is 6.51. The molecule has 0 spiro atoms. The minimum Gasteiger partial charge on any atom is -0.454 e. The summed E-state index contributed by atoms with van der Waals surface area (Å²) in [5.41, 5.74) is 3.75. The number of aryl methyl sites for hydroxylation is 1. The minimum atomic E-state index is 0.318. The third-order valence-corrected chi connectivity index (χ3v) is 4.22. The Morgan fingerprint density at radius 2 is 1.88 bits per heavy atom. The first-order valence-electron chi connectivity index (χ1n) is 8.27. The molecule has 0 saturated carbocycles. The molecule has 1 aliphatic heterocycles. The molecule has 24 heavy (non-hydrogen) atoms. The lowest BCUT2D eigenvalue weighted by molar-refractivity contribution is 0.174. The van der Waals surface area contributed by atoms with Gasteiger partial charge in [0.2, 0.25) is 6.79 Å². The van der Waals surface area contributed by atoms with Crippen molar-refractivity contribution in [2.24, 2.45) is 0 Å². The van der Waals surface area contributed by atoms with Gasteiger partial charge in [-0.3, -0.25) is 9.88 Å². The lowest BCUT2D eigenvalue weighted by atomic mass is 10.1. The van der Waals surface area contributed by atoms with E-state index in [9.17, 15) is 0 Å². The Balaban J connectivity index is 1.75. The predicted octanol–water partition coefficient (Wildman–Crippen LogP) is 2.68. The van der Waals surface area contributed by atoms with Gasteiger partial charge >= 0.3 is 0 Å². The van der Waals surface area contributed by atoms with Crippen LogP contribution in [0.4, 0.5) is 0 Å². The summed E-state index contributed by atoms with van der Waals surface area (Å²) in [5, 5.41) is 0. The number of fused-ring (bicyclic) bond motifs is 1. The van der Waals surface area contributed by atoms with E-state index in [1.165, 1.54) is 16.7 Å². The molecule has 2 aromatic rings. The van der Waals surface area contributed by atoms with Crippen molar-refractivity contribution in [3.05, 3.63) is 53.3 Å². The van der Waals surface area contributed by atoms with E-state index in [0.717, 1.165) is 37.7 Å². The van der Waals surface area contributed by atoms with Gasteiger partial charge in [-0.05, 0) is 55.9 Å². The Bertz CT molecular complexity index is 674. The number of aromatic nitrogens is 1. The highest BCUT2D eigenvalue weighted by atomic mass is 16.7. The maximum absolute atomic E-state index is 5.53. The van der Waals surface area contributed by atoms with Crippen molar-refractivity contribution in [2.75, 3.05) is 34.0 Å². The molecule has 0 unspecified atom stereocenters. The molecule has 5 nitrogen and oxygen atoms in total. The standard InChI is InChI=1S/C19H25N3O2/c1-15-9-18-19(24-14-23-18)10-17(15)13-22(8-7-21(2)3)12-16-5-4-6-20-11-16/h4-6,9-11H,7-8,12-14H2,1-3H3. The van der Waals surface area contributed by atoms with E-state index in [1.54, 1.807) is 0 Å². The van der Waals surface area contributed by atoms with Gasteiger partial charge in [-0.1, -0.05) is 6.07 Å². The monoisotopic (exact) mass is 327 g/mol. The second kappa shape index (κ2) is 7.64. The van der Waals surface area contributed by atoms with Crippen LogP contribution in [0.1, 0.15) is 16.7 Å². The Morgan fingerprint density at radius 1 is 1.08 bits per heavy atom. The quantitative estimate of drug-likeness (QED) is 0.782. The Morgan fingerprint density at radius 3 is 2.58 bits per heavy atom. The van der Waals surface area contributed by atoms with Crippen molar-refractivity contribution in [3.8, 4) is 11.5 Å². The number of pyridine rings is 1. The lowest BCUT2D eigenvalue weighted by Gasteiger charge is -2.25. The summed E-state index contributed by atoms with van der Waals surface area (Å²) in [6, 6.07) is 8.31. The van der Waals surface area contributed by atoms with Gasteiger partial charge in [-0.2, -0.15) is 0 Å². The first-order chi connectivity index (χ1) is 11.6. The van der Waals surface area contributed by atoms with Crippen molar-refractivity contribution in [1.82, 2.24) is 14.8 Å². The number of hydrogen-bond donors (Lipinski definition) is 0. The van der Waals surface area contributed by atoms with Crippen LogP contribution in [-0.4, -0.2) is 48.8 Å². The highest BCUT2D eigenvalue weighted by Gasteiger charge is 2.17. The summed E-state index contributed by atoms with van der Waals surface area (Å²) >= 11 is 0. The van der Waals surface area contributed by atoms with Crippen LogP contribution in [0.3, 0.4) is 0 Å². The van der Waals surface area contributed by atoms with E-state index in [2.05, 4.69) is 54.0 Å². The lowest BCUT2D eigenvalue weighted by Crippen LogP contribution is -2.31. The summed E-state index contributed by atoms with van der Waals surface area (Å²) in [5.74, 6) is 1.70. The molecule has 0 atom stereocenters. The molecule has 1 aromatic heterocycles. The fourth-order valence-electron chi connectivity index (χ4n) is 2.80. The van der Waals surface area contributed by atoms with Gasteiger partial charge < -0.3 is 14.4 Å². The van der Waals surface area contributed by atoms with E-state index >= 15 is 0 Å². The van der Waals surface area contributed by atoms with Crippen LogP contribution in [-0.2, 0) is 13.1 Å². The van der Waals surface area contributed by atoms with E-state index in [1.807, 2.05) is 18.5 Å². The molecule has 0 N–H and O–H groups in total. The normalized spacial score (nSPS) is 13.0. The van der Waals surface area contributed by atoms with Crippen molar-refractivity contribution in [2.45, 2.75) is 20.0 Å². The number of likely N-dealkylation sites (N-methyl/N-ethyl adjacent to an activating group) is 1. The van der Waals surface area contributed by atoms with E-state index < -0.39 is 0 Å². The maximum atomic E-state index is 5.53. The first kappa shape index (κ1) is 16.7. The third-order valence-electron chi connectivity index (χ3n) is 4.22. The maximum Gasteiger partial charge on any atom is 0.231 e. The molecule has 0 bridgehead atoms. The molecule has 0 amide bonds. The summed E-state index contributed by atoms with van der Waals surface area (Å²) in [6.07, 6.45) is 3.75. The van der Waals surface area contributed by atoms with Gasteiger partial charge in [0.15, 0.2) is 11.5 Å². The highest BCUT2D eigenvalue weighted by Crippen LogP contribution is 2.35. The number of ether oxygens (including phenoxy) is 2. The number of benzene rings is 1. The molecule has 3 rings (SSSR count). The molecule has 1 aliphatic rings. The average molecular weight is 327 g/mol. The molecule has 2 heterocycles. The zero-order chi connectivity index (χ0) is 16.9. The summed E-state index contributed by atoms with van der Waals surface area (Å²) < 4.78 is 11.0. The SMILES string of the molecule is Cc1cc2c(cc1CN(CCN(C)C)Cc1cccnc1)OCO2. The minimum absolute atomic E-state index is 0.318. The van der Waals surface area contributed by atoms with Crippen LogP contribution in [0, 0.1) is 6.92 Å². The highest BCUT2D eigenvalue weighted by molar-refractivity contribution is 5.48. The molecule has 5 heteroatoms. The Kier molecular flexibility index (Phi) is 5.33. The molecule has 0 saturated heterocycles. The smallest absolute Gasteiger partial charge is 0.231 e. The third kappa shape index (κ3) is 4.24. The van der Waals surface area contributed by atoms with Crippen molar-refractivity contribution >= 4 is 0 Å². The Hall–Kier alpha value is -2.11. The van der Waals surface area contributed by atoms with Crippen LogP contribution < -0.4 is 9.47 Å². The van der Waals surface area contributed by atoms with Gasteiger partial charge in [-0.15, -0.1) is 0 Å². The zero-order valence-electron chi connectivity index (χ0n) is 14.7. The average Bonchev–Trinajstić information content (AvgIpc) is 3.01. The van der Waals surface area contributed by atoms with Crippen molar-refractivity contribution in [3.63, 3.8) is 0 Å². The van der Waals surface area contributed by atoms with Crippen LogP contribution in [0.15, 0.2) is 36.7 Å². The second-order valence-electron chi connectivity index (χ2n) is 6.51. The number of nitrogens with zero attached hydrogens (tertiary/aromatic N) is 3. The predicted molar refractivity (Wildman–Crippen MR) is 94.2 cm³/mol. The van der Waals surface area contributed by atoms with Crippen molar-refractivity contribution in [1.29, 1.82) is 0 Å². The molecule has 0 aliphatic carbocycles. The molecule has 128 valence electrons. The molecule has 0 radical (unpaired) electrons. The fraction of sp³-hybridized carbons (Fsp3) is 0.421. The summed E-state index contributed by atoms with van der Waals surface area (Å²) in [4.78, 5) is 8.89. The largest absolute Gasteiger partial charge is 0.454 e. The number of rotatable bonds is 7. The van der Waals surface area contributed by atoms with Gasteiger partial charge in [0, 0.05) is 38.6 Å². The van der Waals surface area contributed by atoms with Gasteiger partial charge in [0.05, 0.1) is 0 Å². The summed E-state index contributed by atoms with van der Waals surface area (Å²) in [7, 11) is 4.21. The fourth-order valence-corrected chi connectivity index (χ4v) is 2.80. The van der Waals surface area contributed by atoms with Crippen LogP contribution >= 0.6 is 0 Å². The molecule has 0 fully saturated rings. The topological polar surface area (TPSA) is 37.8 Å². The van der Waals surface area contributed by atoms with E-state index in [-0.39, 0.29) is 0 Å². The first-order valence-corrected chi connectivity index (χ1v) is 8.27. The number of hydrogen-bond acceptors (Lipinski definition) is 5.